The lowest BCUT2D eigenvalue weighted by atomic mass is 9.88. The molecule has 1 aliphatic heterocycles. The van der Waals surface area contributed by atoms with Crippen LogP contribution in [-0.4, -0.2) is 0 Å². The van der Waals surface area contributed by atoms with E-state index in [-0.39, 0.29) is 11.8 Å². The van der Waals surface area contributed by atoms with Crippen molar-refractivity contribution in [3.63, 3.8) is 0 Å². The number of nitrogens with two attached hydrogens (primary N) is 2. The molecule has 1 aliphatic rings. The summed E-state index contributed by atoms with van der Waals surface area (Å²) in [6.07, 6.45) is 0. The van der Waals surface area contributed by atoms with Crippen molar-refractivity contribution < 1.29 is 4.74 Å². The molecule has 4 nitrogen and oxygen atoms in total. The summed E-state index contributed by atoms with van der Waals surface area (Å²) in [6, 6.07) is 11.5. The third-order valence-electron chi connectivity index (χ3n) is 3.12. The van der Waals surface area contributed by atoms with Crippen molar-refractivity contribution >= 4 is 33.0 Å². The fourth-order valence-electron chi connectivity index (χ4n) is 2.25. The van der Waals surface area contributed by atoms with Gasteiger partial charge >= 0.3 is 0 Å². The van der Waals surface area contributed by atoms with Crippen molar-refractivity contribution in [2.24, 2.45) is 5.73 Å². The highest BCUT2D eigenvalue weighted by molar-refractivity contribution is 9.11. The normalized spacial score (nSPS) is 17.3. The van der Waals surface area contributed by atoms with Gasteiger partial charge in [0.15, 0.2) is 0 Å². The predicted octanol–water partition coefficient (Wildman–Crippen LogP) is 3.31. The van der Waals surface area contributed by atoms with E-state index in [0.29, 0.717) is 17.0 Å². The van der Waals surface area contributed by atoms with Crippen LogP contribution in [0.2, 0.25) is 0 Å². The maximum absolute atomic E-state index is 9.38. The lowest BCUT2D eigenvalue weighted by molar-refractivity contribution is 0.394. The Bertz CT molecular complexity index is 760. The number of rotatable bonds is 1. The Balaban J connectivity index is 2.22. The van der Waals surface area contributed by atoms with Crippen LogP contribution in [0.1, 0.15) is 16.4 Å². The van der Waals surface area contributed by atoms with Gasteiger partial charge in [-0.1, -0.05) is 6.07 Å². The van der Waals surface area contributed by atoms with E-state index < -0.39 is 0 Å². The number of ether oxygens (including phenoxy) is 1. The van der Waals surface area contributed by atoms with E-state index in [1.165, 1.54) is 0 Å². The highest BCUT2D eigenvalue weighted by Gasteiger charge is 2.31. The van der Waals surface area contributed by atoms with Gasteiger partial charge in [-0.2, -0.15) is 5.26 Å². The van der Waals surface area contributed by atoms with Crippen LogP contribution in [0.5, 0.6) is 5.75 Å². The number of halogens is 1. The molecule has 1 aromatic heterocycles. The Morgan fingerprint density at radius 2 is 2.05 bits per heavy atom. The second-order valence-corrected chi connectivity index (χ2v) is 6.86. The minimum Gasteiger partial charge on any atom is -0.440 e. The van der Waals surface area contributed by atoms with Crippen LogP contribution >= 0.6 is 27.3 Å². The molecule has 0 unspecified atom stereocenters. The van der Waals surface area contributed by atoms with Crippen molar-refractivity contribution in [1.82, 2.24) is 0 Å². The monoisotopic (exact) mass is 347 g/mol. The molecule has 0 fully saturated rings. The largest absolute Gasteiger partial charge is 0.440 e. The summed E-state index contributed by atoms with van der Waals surface area (Å²) in [6.45, 7) is 0. The molecule has 2 aromatic rings. The summed E-state index contributed by atoms with van der Waals surface area (Å²) in [4.78, 5) is 1.03. The zero-order valence-electron chi connectivity index (χ0n) is 10.3. The first-order chi connectivity index (χ1) is 9.60. The van der Waals surface area contributed by atoms with Crippen molar-refractivity contribution in [1.29, 1.82) is 5.26 Å². The van der Waals surface area contributed by atoms with E-state index in [1.807, 2.05) is 18.2 Å². The van der Waals surface area contributed by atoms with Gasteiger partial charge in [-0.3, -0.25) is 0 Å². The SMILES string of the molecule is N#CC1=C(N)Oc2cc(N)ccc2[C@@H]1c1ccc(Br)s1. The first-order valence-corrected chi connectivity index (χ1v) is 7.43. The molecule has 20 heavy (non-hydrogen) atoms. The summed E-state index contributed by atoms with van der Waals surface area (Å²) in [5, 5.41) is 9.38. The molecule has 1 atom stereocenters. The maximum atomic E-state index is 9.38. The second kappa shape index (κ2) is 4.85. The molecule has 1 aromatic carbocycles. The van der Waals surface area contributed by atoms with Gasteiger partial charge in [-0.15, -0.1) is 11.3 Å². The number of allylic oxidation sites excluding steroid dienone is 1. The first kappa shape index (κ1) is 13.0. The lowest BCUT2D eigenvalue weighted by Gasteiger charge is -2.25. The van der Waals surface area contributed by atoms with Crippen LogP contribution in [-0.2, 0) is 0 Å². The number of fused-ring (bicyclic) bond motifs is 1. The Morgan fingerprint density at radius 3 is 2.70 bits per heavy atom. The van der Waals surface area contributed by atoms with Gasteiger partial charge in [0.2, 0.25) is 5.88 Å². The summed E-state index contributed by atoms with van der Waals surface area (Å²) < 4.78 is 6.53. The third-order valence-corrected chi connectivity index (χ3v) is 4.81. The van der Waals surface area contributed by atoms with Crippen molar-refractivity contribution in [3.05, 3.63) is 56.0 Å². The van der Waals surface area contributed by atoms with Crippen LogP contribution in [0.15, 0.2) is 45.6 Å². The zero-order chi connectivity index (χ0) is 14.3. The molecule has 3 rings (SSSR count). The van der Waals surface area contributed by atoms with Gasteiger partial charge in [0.25, 0.3) is 0 Å². The van der Waals surface area contributed by atoms with Gasteiger partial charge in [0.05, 0.1) is 9.70 Å². The Labute approximate surface area is 128 Å². The summed E-state index contributed by atoms with van der Waals surface area (Å²) >= 11 is 5.02. The van der Waals surface area contributed by atoms with Gasteiger partial charge < -0.3 is 16.2 Å². The van der Waals surface area contributed by atoms with E-state index in [4.69, 9.17) is 16.2 Å². The molecule has 0 amide bonds. The minimum atomic E-state index is -0.208. The molecule has 100 valence electrons. The average molecular weight is 348 g/mol. The van der Waals surface area contributed by atoms with Crippen molar-refractivity contribution in [2.45, 2.75) is 5.92 Å². The Morgan fingerprint density at radius 1 is 1.25 bits per heavy atom. The van der Waals surface area contributed by atoms with Gasteiger partial charge in [-0.25, -0.2) is 0 Å². The second-order valence-electron chi connectivity index (χ2n) is 4.36. The zero-order valence-corrected chi connectivity index (χ0v) is 12.7. The van der Waals surface area contributed by atoms with Crippen LogP contribution in [0.4, 0.5) is 5.69 Å². The summed E-state index contributed by atoms with van der Waals surface area (Å²) in [5.41, 5.74) is 13.6. The highest BCUT2D eigenvalue weighted by Crippen LogP contribution is 2.45. The van der Waals surface area contributed by atoms with Gasteiger partial charge in [0.1, 0.15) is 17.4 Å². The van der Waals surface area contributed by atoms with E-state index in [9.17, 15) is 5.26 Å². The topological polar surface area (TPSA) is 85.1 Å². The molecule has 6 heteroatoms. The molecule has 0 saturated heterocycles. The summed E-state index contributed by atoms with van der Waals surface area (Å²) in [7, 11) is 0. The quantitative estimate of drug-likeness (QED) is 0.775. The Hall–Kier alpha value is -1.97. The van der Waals surface area contributed by atoms with Crippen LogP contribution in [0.3, 0.4) is 0 Å². The Kier molecular flexibility index (Phi) is 3.16. The van der Waals surface area contributed by atoms with Gasteiger partial charge in [-0.05, 0) is 34.1 Å². The number of thiophene rings is 1. The van der Waals surface area contributed by atoms with E-state index in [1.54, 1.807) is 23.5 Å². The van der Waals surface area contributed by atoms with E-state index >= 15 is 0 Å². The number of hydrogen-bond donors (Lipinski definition) is 2. The molecular formula is C14H10BrN3OS. The van der Waals surface area contributed by atoms with Crippen LogP contribution < -0.4 is 16.2 Å². The number of nitrogen functional groups attached to an aromatic ring is 1. The smallest absolute Gasteiger partial charge is 0.205 e. The average Bonchev–Trinajstić information content (AvgIpc) is 2.83. The third kappa shape index (κ3) is 2.05. The van der Waals surface area contributed by atoms with Crippen molar-refractivity contribution in [3.8, 4) is 11.8 Å². The van der Waals surface area contributed by atoms with Crippen LogP contribution in [0.25, 0.3) is 0 Å². The fourth-order valence-corrected chi connectivity index (χ4v) is 3.80. The first-order valence-electron chi connectivity index (χ1n) is 5.82. The van der Waals surface area contributed by atoms with E-state index in [0.717, 1.165) is 14.2 Å². The highest BCUT2D eigenvalue weighted by atomic mass is 79.9. The van der Waals surface area contributed by atoms with Crippen LogP contribution in [0, 0.1) is 11.3 Å². The standard InChI is InChI=1S/C14H10BrN3OS/c15-12-4-3-11(20-12)13-8-2-1-7(17)5-10(8)19-14(18)9(13)6-16/h1-5,13H,17-18H2/t13-/m0/s1. The molecule has 0 radical (unpaired) electrons. The molecule has 0 saturated carbocycles. The summed E-state index contributed by atoms with van der Waals surface area (Å²) in [5.74, 6) is 0.539. The molecule has 0 bridgehead atoms. The molecule has 4 N–H and O–H groups in total. The number of benzene rings is 1. The predicted molar refractivity (Wildman–Crippen MR) is 82.2 cm³/mol. The minimum absolute atomic E-state index is 0.139. The van der Waals surface area contributed by atoms with Crippen molar-refractivity contribution in [2.75, 3.05) is 5.73 Å². The molecule has 0 aliphatic carbocycles. The number of anilines is 1. The van der Waals surface area contributed by atoms with E-state index in [2.05, 4.69) is 22.0 Å². The maximum Gasteiger partial charge on any atom is 0.205 e. The molecule has 2 heterocycles. The number of nitrogens with zero attached hydrogens (tertiary/aromatic N) is 1. The molecule has 0 spiro atoms. The number of nitriles is 1. The number of hydrogen-bond acceptors (Lipinski definition) is 5. The molecular weight excluding hydrogens is 338 g/mol. The van der Waals surface area contributed by atoms with Gasteiger partial charge in [0, 0.05) is 22.2 Å². The fraction of sp³-hybridized carbons (Fsp3) is 0.0714. The lowest BCUT2D eigenvalue weighted by Crippen LogP contribution is -2.20.